The third kappa shape index (κ3) is 14.3. The molecule has 3 aliphatic rings. The summed E-state index contributed by atoms with van der Waals surface area (Å²) in [6, 6.07) is -0.952. The van der Waals surface area contributed by atoms with Gasteiger partial charge in [0.2, 0.25) is 0 Å². The van der Waals surface area contributed by atoms with Crippen molar-refractivity contribution in [1.82, 2.24) is 9.80 Å². The summed E-state index contributed by atoms with van der Waals surface area (Å²) in [5, 5.41) is 23.7. The van der Waals surface area contributed by atoms with Gasteiger partial charge in [0.25, 0.3) is 0 Å². The lowest BCUT2D eigenvalue weighted by atomic mass is 9.81. The quantitative estimate of drug-likeness (QED) is 0.0853. The van der Waals surface area contributed by atoms with Gasteiger partial charge in [-0.2, -0.15) is 0 Å². The molecule has 16 nitrogen and oxygen atoms in total. The molecule has 0 saturated carbocycles. The summed E-state index contributed by atoms with van der Waals surface area (Å²) in [5.74, 6) is 0.316. The first-order valence-corrected chi connectivity index (χ1v) is 21.1. The summed E-state index contributed by atoms with van der Waals surface area (Å²) in [5.41, 5.74) is -1.50. The first-order chi connectivity index (χ1) is 28.1. The number of esters is 3. The van der Waals surface area contributed by atoms with Crippen LogP contribution >= 0.6 is 0 Å². The molecule has 0 amide bonds. The summed E-state index contributed by atoms with van der Waals surface area (Å²) in [7, 11) is 6.84. The van der Waals surface area contributed by atoms with Gasteiger partial charge in [0.1, 0.15) is 42.4 Å². The minimum Gasteiger partial charge on any atom is -0.462 e. The highest BCUT2D eigenvalue weighted by Gasteiger charge is 2.53. The Labute approximate surface area is 356 Å². The van der Waals surface area contributed by atoms with Crippen LogP contribution < -0.4 is 0 Å². The van der Waals surface area contributed by atoms with Crippen LogP contribution in [-0.2, 0) is 57.1 Å². The monoisotopic (exact) mass is 852 g/mol. The Morgan fingerprint density at radius 2 is 1.75 bits per heavy atom. The van der Waals surface area contributed by atoms with Crippen molar-refractivity contribution in [3.63, 3.8) is 0 Å². The zero-order valence-electron chi connectivity index (χ0n) is 37.7. The standard InChI is InChI=1S/C44H72N2O14/c1-14-19-46(12)32-17-15-16-27(5)54-35(50)23-33(57-30(8)48)41(53-13)40(31(18-20-47)22-26(32)4)60-43-38(51)37(45(10)11)39(28(6)56-43)59-36-24-44(9,52)42(29(7)55-36)58-34(49)21-25(2)3/h1,15,17,20,25-29,31-33,36-43,51-52H,16,18-19,21-24H2,2-13H3/b17-15+/t26-,27-,28-,29+,31+,32+,33-,36+,37-,38-,39?,40+,41+,42+,43+,44-/m1/s1. The molecule has 0 aromatic heterocycles. The maximum atomic E-state index is 13.4. The number of terminal acetylenes is 1. The van der Waals surface area contributed by atoms with Gasteiger partial charge in [-0.05, 0) is 73.0 Å². The van der Waals surface area contributed by atoms with Crippen LogP contribution in [0, 0.1) is 30.1 Å². The lowest BCUT2D eigenvalue weighted by Crippen LogP contribution is -2.66. The van der Waals surface area contributed by atoms with Crippen molar-refractivity contribution in [2.75, 3.05) is 34.8 Å². The first-order valence-electron chi connectivity index (χ1n) is 21.1. The molecule has 60 heavy (non-hydrogen) atoms. The maximum Gasteiger partial charge on any atom is 0.309 e. The highest BCUT2D eigenvalue weighted by atomic mass is 16.7. The molecule has 0 bridgehead atoms. The molecule has 2 N–H and O–H groups in total. The number of nitrogens with zero attached hydrogens (tertiary/aromatic N) is 2. The number of cyclic esters (lactones) is 1. The second-order valence-corrected chi connectivity index (χ2v) is 17.7. The topological polar surface area (TPSA) is 189 Å². The van der Waals surface area contributed by atoms with E-state index in [9.17, 15) is 29.4 Å². The number of likely N-dealkylation sites (N-methyl/N-ethyl adjacent to an activating group) is 2. The van der Waals surface area contributed by atoms with Gasteiger partial charge >= 0.3 is 17.9 Å². The van der Waals surface area contributed by atoms with Gasteiger partial charge in [-0.25, -0.2) is 0 Å². The van der Waals surface area contributed by atoms with E-state index in [4.69, 9.17) is 44.3 Å². The predicted molar refractivity (Wildman–Crippen MR) is 220 cm³/mol. The normalized spacial score (nSPS) is 39.0. The fourth-order valence-corrected chi connectivity index (χ4v) is 8.79. The van der Waals surface area contributed by atoms with E-state index in [-0.39, 0.29) is 43.6 Å². The van der Waals surface area contributed by atoms with Gasteiger partial charge in [0.15, 0.2) is 18.7 Å². The predicted octanol–water partition coefficient (Wildman–Crippen LogP) is 3.03. The van der Waals surface area contributed by atoms with Crippen LogP contribution in [-0.4, -0.2) is 164 Å². The molecule has 3 heterocycles. The van der Waals surface area contributed by atoms with Crippen molar-refractivity contribution in [1.29, 1.82) is 0 Å². The summed E-state index contributed by atoms with van der Waals surface area (Å²) in [4.78, 5) is 54.7. The van der Waals surface area contributed by atoms with E-state index in [0.29, 0.717) is 19.4 Å². The van der Waals surface area contributed by atoms with Gasteiger partial charge < -0.3 is 57.8 Å². The molecule has 3 aliphatic heterocycles. The number of ether oxygens (including phenoxy) is 8. The van der Waals surface area contributed by atoms with Gasteiger partial charge in [-0.15, -0.1) is 6.42 Å². The number of methoxy groups -OCH3 is 1. The summed E-state index contributed by atoms with van der Waals surface area (Å²) >= 11 is 0. The van der Waals surface area contributed by atoms with E-state index in [2.05, 4.69) is 5.92 Å². The van der Waals surface area contributed by atoms with Gasteiger partial charge in [0.05, 0.1) is 37.3 Å². The zero-order chi connectivity index (χ0) is 45.1. The van der Waals surface area contributed by atoms with E-state index in [1.165, 1.54) is 14.0 Å². The van der Waals surface area contributed by atoms with Crippen molar-refractivity contribution in [3.05, 3.63) is 12.2 Å². The van der Waals surface area contributed by atoms with E-state index in [0.717, 1.165) is 6.29 Å². The van der Waals surface area contributed by atoms with Crippen LogP contribution in [0.1, 0.15) is 93.9 Å². The largest absolute Gasteiger partial charge is 0.462 e. The Balaban J connectivity index is 2.02. The van der Waals surface area contributed by atoms with Crippen LogP contribution in [0.5, 0.6) is 0 Å². The number of hydrogen-bond donors (Lipinski definition) is 2. The van der Waals surface area contributed by atoms with Crippen molar-refractivity contribution in [2.45, 2.75) is 179 Å². The number of carbonyl (C=O) groups excluding carboxylic acids is 4. The molecule has 16 heteroatoms. The molecule has 2 saturated heterocycles. The molecule has 2 fully saturated rings. The average Bonchev–Trinajstić information content (AvgIpc) is 3.12. The SMILES string of the molecule is C#CCN(C)[C@H]1/C=C/C[C@@H](C)OC(=O)C[C@@H](OC(C)=O)[C@H](OC)[C@@H](O[C@@H]2O[C@H](C)C(O[C@H]3C[C@@](C)(O)[C@@H](OC(=O)CC(C)C)[C@H](C)O3)[C@H](N(C)C)[C@H]2O)[C@@H](CC=O)C[C@H]1C. The molecule has 3 rings (SSSR count). The van der Waals surface area contributed by atoms with Crippen molar-refractivity contribution < 1.29 is 67.3 Å². The number of carbonyl (C=O) groups is 4. The molecular formula is C44H72N2O14. The van der Waals surface area contributed by atoms with Crippen molar-refractivity contribution in [2.24, 2.45) is 17.8 Å². The summed E-state index contributed by atoms with van der Waals surface area (Å²) in [6.45, 7) is 14.2. The van der Waals surface area contributed by atoms with Crippen LogP contribution in [0.15, 0.2) is 12.2 Å². The number of hydrogen-bond acceptors (Lipinski definition) is 16. The molecule has 1 unspecified atom stereocenters. The van der Waals surface area contributed by atoms with E-state index < -0.39 is 103 Å². The van der Waals surface area contributed by atoms with Crippen LogP contribution in [0.4, 0.5) is 0 Å². The average molecular weight is 853 g/mol. The van der Waals surface area contributed by atoms with Crippen LogP contribution in [0.3, 0.4) is 0 Å². The number of rotatable bonds is 14. The molecule has 342 valence electrons. The summed E-state index contributed by atoms with van der Waals surface area (Å²) in [6.07, 6.45) is 0.263. The second-order valence-electron chi connectivity index (χ2n) is 17.7. The van der Waals surface area contributed by atoms with Gasteiger partial charge in [0, 0.05) is 45.8 Å². The molecule has 0 radical (unpaired) electrons. The molecule has 0 aromatic carbocycles. The first kappa shape index (κ1) is 51.4. The number of aliphatic hydroxyl groups excluding tert-OH is 1. The van der Waals surface area contributed by atoms with Crippen molar-refractivity contribution in [3.8, 4) is 12.3 Å². The van der Waals surface area contributed by atoms with E-state index >= 15 is 0 Å². The fraction of sp³-hybridized carbons (Fsp3) is 0.818. The molecule has 0 spiro atoms. The summed E-state index contributed by atoms with van der Waals surface area (Å²) < 4.78 is 49.0. The molecule has 0 aliphatic carbocycles. The number of aliphatic hydroxyl groups is 2. The lowest BCUT2D eigenvalue weighted by molar-refractivity contribution is -0.344. The Morgan fingerprint density at radius 3 is 2.32 bits per heavy atom. The number of aldehydes is 1. The van der Waals surface area contributed by atoms with E-state index in [1.54, 1.807) is 46.7 Å². The Bertz CT molecular complexity index is 1470. The second kappa shape index (κ2) is 23.5. The van der Waals surface area contributed by atoms with Crippen LogP contribution in [0.25, 0.3) is 0 Å². The lowest BCUT2D eigenvalue weighted by Gasteiger charge is -2.50. The third-order valence-corrected chi connectivity index (χ3v) is 11.5. The minimum absolute atomic E-state index is 0.00938. The fourth-order valence-electron chi connectivity index (χ4n) is 8.79. The maximum absolute atomic E-state index is 13.4. The van der Waals surface area contributed by atoms with Crippen molar-refractivity contribution >= 4 is 24.2 Å². The zero-order valence-corrected chi connectivity index (χ0v) is 37.7. The third-order valence-electron chi connectivity index (χ3n) is 11.5. The van der Waals surface area contributed by atoms with Crippen LogP contribution in [0.2, 0.25) is 0 Å². The Hall–Kier alpha value is -2.98. The highest BCUT2D eigenvalue weighted by molar-refractivity contribution is 5.72. The Morgan fingerprint density at radius 1 is 1.07 bits per heavy atom. The highest BCUT2D eigenvalue weighted by Crippen LogP contribution is 2.38. The van der Waals surface area contributed by atoms with Gasteiger partial charge in [-0.3, -0.25) is 19.3 Å². The minimum atomic E-state index is -1.50. The van der Waals surface area contributed by atoms with Gasteiger partial charge in [-0.1, -0.05) is 38.8 Å². The molecule has 16 atom stereocenters. The Kier molecular flexibility index (Phi) is 20.1. The smallest absolute Gasteiger partial charge is 0.309 e. The molecular weight excluding hydrogens is 780 g/mol. The van der Waals surface area contributed by atoms with E-state index in [1.807, 2.05) is 44.9 Å². The molecule has 0 aromatic rings.